The molecule has 0 saturated carbocycles. The molecule has 0 radical (unpaired) electrons. The Labute approximate surface area is 247 Å². The van der Waals surface area contributed by atoms with Crippen LogP contribution in [-0.2, 0) is 10.0 Å². The Morgan fingerprint density at radius 3 is 2.19 bits per heavy atom. The summed E-state index contributed by atoms with van der Waals surface area (Å²) in [5.41, 5.74) is 3.86. The number of carbonyl (C=O) groups excluding carboxylic acids is 2. The van der Waals surface area contributed by atoms with Crippen molar-refractivity contribution in [3.8, 4) is 17.2 Å². The number of nitrogens with one attached hydrogen (secondary N) is 2. The van der Waals surface area contributed by atoms with E-state index in [4.69, 9.17) is 25.8 Å². The molecule has 0 aliphatic heterocycles. The van der Waals surface area contributed by atoms with Gasteiger partial charge in [0.2, 0.25) is 0 Å². The molecular formula is C30H26ClN3O7S. The van der Waals surface area contributed by atoms with Gasteiger partial charge in [0.05, 0.1) is 30.4 Å². The first-order valence-electron chi connectivity index (χ1n) is 12.5. The van der Waals surface area contributed by atoms with Crippen LogP contribution >= 0.6 is 11.6 Å². The normalized spacial score (nSPS) is 11.1. The number of hydrogen-bond acceptors (Lipinski definition) is 8. The number of hydrazone groups is 1. The molecule has 0 aliphatic carbocycles. The molecule has 216 valence electrons. The molecule has 0 heterocycles. The number of benzene rings is 4. The Balaban J connectivity index is 1.34. The average Bonchev–Trinajstić information content (AvgIpc) is 2.98. The van der Waals surface area contributed by atoms with E-state index in [9.17, 15) is 18.0 Å². The predicted molar refractivity (Wildman–Crippen MR) is 159 cm³/mol. The van der Waals surface area contributed by atoms with Crippen LogP contribution in [0.4, 0.5) is 5.69 Å². The second-order valence-corrected chi connectivity index (χ2v) is 10.7. The van der Waals surface area contributed by atoms with E-state index in [1.807, 2.05) is 6.92 Å². The molecular weight excluding hydrogens is 582 g/mol. The van der Waals surface area contributed by atoms with Crippen molar-refractivity contribution >= 4 is 45.4 Å². The van der Waals surface area contributed by atoms with E-state index in [2.05, 4.69) is 15.2 Å². The maximum atomic E-state index is 12.6. The molecule has 0 spiro atoms. The van der Waals surface area contributed by atoms with Gasteiger partial charge in [0.1, 0.15) is 5.75 Å². The second-order valence-electron chi connectivity index (χ2n) is 8.59. The highest BCUT2D eigenvalue weighted by Crippen LogP contribution is 2.28. The topological polar surface area (TPSA) is 132 Å². The van der Waals surface area contributed by atoms with Crippen molar-refractivity contribution in [1.82, 2.24) is 5.43 Å². The summed E-state index contributed by atoms with van der Waals surface area (Å²) in [5.74, 6) is 0.0858. The molecule has 4 aromatic rings. The number of nitrogens with zero attached hydrogens (tertiary/aromatic N) is 1. The lowest BCUT2D eigenvalue weighted by atomic mass is 10.2. The summed E-state index contributed by atoms with van der Waals surface area (Å²) in [7, 11) is -2.38. The van der Waals surface area contributed by atoms with Gasteiger partial charge in [-0.2, -0.15) is 5.10 Å². The summed E-state index contributed by atoms with van der Waals surface area (Å²) < 4.78 is 43.7. The fourth-order valence-electron chi connectivity index (χ4n) is 3.61. The van der Waals surface area contributed by atoms with Gasteiger partial charge in [0.15, 0.2) is 11.5 Å². The van der Waals surface area contributed by atoms with E-state index in [0.29, 0.717) is 34.3 Å². The molecule has 4 aromatic carbocycles. The highest BCUT2D eigenvalue weighted by atomic mass is 35.5. The smallest absolute Gasteiger partial charge is 0.343 e. The summed E-state index contributed by atoms with van der Waals surface area (Å²) in [5, 5.41) is 4.38. The van der Waals surface area contributed by atoms with Gasteiger partial charge in [0, 0.05) is 16.3 Å². The van der Waals surface area contributed by atoms with Crippen LogP contribution in [0.2, 0.25) is 5.02 Å². The third-order valence-corrected chi connectivity index (χ3v) is 7.34. The van der Waals surface area contributed by atoms with Crippen molar-refractivity contribution in [3.05, 3.63) is 113 Å². The number of ether oxygens (including phenoxy) is 3. The molecule has 42 heavy (non-hydrogen) atoms. The van der Waals surface area contributed by atoms with Gasteiger partial charge in [0.25, 0.3) is 15.9 Å². The molecule has 2 N–H and O–H groups in total. The molecule has 1 amide bonds. The molecule has 0 atom stereocenters. The average molecular weight is 608 g/mol. The largest absolute Gasteiger partial charge is 0.494 e. The van der Waals surface area contributed by atoms with Gasteiger partial charge in [-0.05, 0) is 103 Å². The first-order valence-corrected chi connectivity index (χ1v) is 14.4. The first kappa shape index (κ1) is 30.1. The minimum atomic E-state index is -3.82. The number of methoxy groups -OCH3 is 1. The number of esters is 1. The zero-order valence-electron chi connectivity index (χ0n) is 22.5. The number of rotatable bonds is 11. The summed E-state index contributed by atoms with van der Waals surface area (Å²) in [4.78, 5) is 25.1. The number of sulfonamides is 1. The lowest BCUT2D eigenvalue weighted by molar-refractivity contribution is 0.0729. The van der Waals surface area contributed by atoms with Crippen molar-refractivity contribution in [2.24, 2.45) is 5.10 Å². The van der Waals surface area contributed by atoms with Crippen molar-refractivity contribution in [1.29, 1.82) is 0 Å². The van der Waals surface area contributed by atoms with E-state index in [-0.39, 0.29) is 21.9 Å². The van der Waals surface area contributed by atoms with Crippen molar-refractivity contribution in [2.45, 2.75) is 11.8 Å². The summed E-state index contributed by atoms with van der Waals surface area (Å²) in [6, 6.07) is 23.0. The number of anilines is 1. The molecule has 10 nitrogen and oxygen atoms in total. The molecule has 4 rings (SSSR count). The van der Waals surface area contributed by atoms with Crippen LogP contribution in [0.1, 0.15) is 33.2 Å². The SMILES string of the molecule is CCOc1ccc(C(=O)Oc2ccc(/C=N/NC(=O)c3ccc(NS(=O)(=O)c4ccc(Cl)cc4)cc3)cc2OC)cc1. The van der Waals surface area contributed by atoms with E-state index < -0.39 is 21.9 Å². The highest BCUT2D eigenvalue weighted by Gasteiger charge is 2.15. The van der Waals surface area contributed by atoms with Gasteiger partial charge in [-0.15, -0.1) is 0 Å². The Morgan fingerprint density at radius 2 is 1.55 bits per heavy atom. The molecule has 0 saturated heterocycles. The Bertz CT molecular complexity index is 1690. The zero-order chi connectivity index (χ0) is 30.1. The molecule has 0 bridgehead atoms. The summed E-state index contributed by atoms with van der Waals surface area (Å²) in [6.45, 7) is 2.39. The summed E-state index contributed by atoms with van der Waals surface area (Å²) in [6.07, 6.45) is 1.40. The van der Waals surface area contributed by atoms with Crippen molar-refractivity contribution in [2.75, 3.05) is 18.4 Å². The Hall–Kier alpha value is -4.87. The third-order valence-electron chi connectivity index (χ3n) is 5.69. The zero-order valence-corrected chi connectivity index (χ0v) is 24.1. The van der Waals surface area contributed by atoms with Crippen LogP contribution in [-0.4, -0.2) is 40.2 Å². The fourth-order valence-corrected chi connectivity index (χ4v) is 4.79. The number of amides is 1. The van der Waals surface area contributed by atoms with Crippen LogP contribution in [0.15, 0.2) is 101 Å². The molecule has 12 heteroatoms. The van der Waals surface area contributed by atoms with E-state index in [0.717, 1.165) is 0 Å². The van der Waals surface area contributed by atoms with Gasteiger partial charge < -0.3 is 14.2 Å². The van der Waals surface area contributed by atoms with Crippen LogP contribution in [0.25, 0.3) is 0 Å². The monoisotopic (exact) mass is 607 g/mol. The van der Waals surface area contributed by atoms with Gasteiger partial charge >= 0.3 is 5.97 Å². The van der Waals surface area contributed by atoms with Gasteiger partial charge in [-0.25, -0.2) is 18.6 Å². The fraction of sp³-hybridized carbons (Fsp3) is 0.100. The highest BCUT2D eigenvalue weighted by molar-refractivity contribution is 7.92. The van der Waals surface area contributed by atoms with Crippen LogP contribution < -0.4 is 24.4 Å². The van der Waals surface area contributed by atoms with Crippen LogP contribution in [0, 0.1) is 0 Å². The standard InChI is InChI=1S/C30H26ClN3O7S/c1-3-40-25-13-7-22(8-14-25)30(36)41-27-17-4-20(18-28(27)39-2)19-32-33-29(35)21-5-11-24(12-6-21)34-42(37,38)26-15-9-23(31)10-16-26/h4-19,34H,3H2,1-2H3,(H,33,35)/b32-19+. The third kappa shape index (κ3) is 7.87. The first-order chi connectivity index (χ1) is 20.2. The molecule has 0 unspecified atom stereocenters. The minimum Gasteiger partial charge on any atom is -0.494 e. The van der Waals surface area contributed by atoms with E-state index >= 15 is 0 Å². The van der Waals surface area contributed by atoms with Crippen LogP contribution in [0.3, 0.4) is 0 Å². The van der Waals surface area contributed by atoms with Crippen LogP contribution in [0.5, 0.6) is 17.2 Å². The van der Waals surface area contributed by atoms with Crippen molar-refractivity contribution in [3.63, 3.8) is 0 Å². The Morgan fingerprint density at radius 1 is 0.881 bits per heavy atom. The number of carbonyl (C=O) groups is 2. The van der Waals surface area contributed by atoms with E-state index in [1.165, 1.54) is 61.9 Å². The number of hydrogen-bond donors (Lipinski definition) is 2. The minimum absolute atomic E-state index is 0.0542. The lowest BCUT2D eigenvalue weighted by Crippen LogP contribution is -2.18. The maximum Gasteiger partial charge on any atom is 0.343 e. The molecule has 0 fully saturated rings. The van der Waals surface area contributed by atoms with Gasteiger partial charge in [-0.1, -0.05) is 11.6 Å². The lowest BCUT2D eigenvalue weighted by Gasteiger charge is -2.10. The summed E-state index contributed by atoms with van der Waals surface area (Å²) >= 11 is 5.82. The number of halogens is 1. The molecule has 0 aliphatic rings. The quantitative estimate of drug-likeness (QED) is 0.0991. The predicted octanol–water partition coefficient (Wildman–Crippen LogP) is 5.53. The Kier molecular flexibility index (Phi) is 9.79. The van der Waals surface area contributed by atoms with Gasteiger partial charge in [-0.3, -0.25) is 9.52 Å². The maximum absolute atomic E-state index is 12.6. The van der Waals surface area contributed by atoms with E-state index in [1.54, 1.807) is 42.5 Å². The molecule has 0 aromatic heterocycles. The second kappa shape index (κ2) is 13.7. The van der Waals surface area contributed by atoms with Crippen molar-refractivity contribution < 1.29 is 32.2 Å².